The number of carbonyl (C=O) groups excluding carboxylic acids is 1. The number of hydrogen-bond donors (Lipinski definition) is 0. The third kappa shape index (κ3) is 3.60. The van der Waals surface area contributed by atoms with E-state index in [2.05, 4.69) is 10.2 Å². The minimum atomic E-state index is -0.661. The number of nitrogens with zero attached hydrogens (tertiary/aromatic N) is 3. The van der Waals surface area contributed by atoms with Gasteiger partial charge in [0, 0.05) is 0 Å². The molecule has 8 heteroatoms. The Bertz CT molecular complexity index is 1410. The SMILES string of the molecule is CCCOc1ccc(C2c3c(oc4ccc(C)cc4c3=O)C(=O)N2c2nnc(CC)s2)cc1. The fraction of sp³-hybridized carbons (Fsp3) is 0.280. The monoisotopic (exact) mass is 461 g/mol. The number of anilines is 1. The first-order chi connectivity index (χ1) is 16.0. The lowest BCUT2D eigenvalue weighted by Crippen LogP contribution is -2.29. The van der Waals surface area contributed by atoms with Gasteiger partial charge in [0.1, 0.15) is 16.3 Å². The van der Waals surface area contributed by atoms with Gasteiger partial charge in [0.15, 0.2) is 5.43 Å². The molecule has 1 aliphatic rings. The standard InChI is InChI=1S/C25H23N3O4S/c1-4-12-31-16-9-7-15(8-10-16)21-20-22(29)17-13-14(3)6-11-18(17)32-23(20)24(30)28(21)25-27-26-19(5-2)33-25/h6-11,13,21H,4-5,12H2,1-3H3. The molecule has 1 atom stereocenters. The average molecular weight is 462 g/mol. The Hall–Kier alpha value is -3.52. The Balaban J connectivity index is 1.71. The van der Waals surface area contributed by atoms with Crippen LogP contribution in [0.4, 0.5) is 5.13 Å². The summed E-state index contributed by atoms with van der Waals surface area (Å²) in [5.41, 5.74) is 2.24. The maximum Gasteiger partial charge on any atom is 0.297 e. The van der Waals surface area contributed by atoms with E-state index < -0.39 is 6.04 Å². The molecule has 0 aliphatic carbocycles. The van der Waals surface area contributed by atoms with Crippen molar-refractivity contribution in [2.75, 3.05) is 11.5 Å². The molecule has 3 heterocycles. The summed E-state index contributed by atoms with van der Waals surface area (Å²) in [6, 6.07) is 12.2. The Kier molecular flexibility index (Phi) is 5.46. The van der Waals surface area contributed by atoms with Gasteiger partial charge in [0.2, 0.25) is 10.9 Å². The number of ether oxygens (including phenoxy) is 1. The summed E-state index contributed by atoms with van der Waals surface area (Å²) in [4.78, 5) is 28.7. The summed E-state index contributed by atoms with van der Waals surface area (Å²) in [5, 5.41) is 10.2. The minimum absolute atomic E-state index is 0.0564. The van der Waals surface area contributed by atoms with E-state index in [1.165, 1.54) is 16.2 Å². The largest absolute Gasteiger partial charge is 0.494 e. The number of rotatable bonds is 6. The van der Waals surface area contributed by atoms with Crippen LogP contribution in [-0.2, 0) is 6.42 Å². The third-order valence-electron chi connectivity index (χ3n) is 5.66. The van der Waals surface area contributed by atoms with Crippen LogP contribution < -0.4 is 15.1 Å². The van der Waals surface area contributed by atoms with Crippen molar-refractivity contribution in [1.82, 2.24) is 10.2 Å². The molecule has 7 nitrogen and oxygen atoms in total. The predicted octanol–water partition coefficient (Wildman–Crippen LogP) is 5.05. The molecule has 5 rings (SSSR count). The lowest BCUT2D eigenvalue weighted by atomic mass is 9.98. The Morgan fingerprint density at radius 3 is 2.58 bits per heavy atom. The van der Waals surface area contributed by atoms with Crippen molar-refractivity contribution < 1.29 is 13.9 Å². The van der Waals surface area contributed by atoms with Crippen molar-refractivity contribution in [3.63, 3.8) is 0 Å². The molecular formula is C25H23N3O4S. The van der Waals surface area contributed by atoms with Gasteiger partial charge in [-0.1, -0.05) is 48.9 Å². The first-order valence-corrected chi connectivity index (χ1v) is 11.8. The first kappa shape index (κ1) is 21.3. The fourth-order valence-corrected chi connectivity index (χ4v) is 4.86. The van der Waals surface area contributed by atoms with E-state index >= 15 is 0 Å². The van der Waals surface area contributed by atoms with Gasteiger partial charge in [0.25, 0.3) is 5.91 Å². The second kappa shape index (κ2) is 8.44. The number of fused-ring (bicyclic) bond motifs is 2. The smallest absolute Gasteiger partial charge is 0.297 e. The maximum absolute atomic E-state index is 13.7. The molecule has 33 heavy (non-hydrogen) atoms. The summed E-state index contributed by atoms with van der Waals surface area (Å²) in [6.45, 7) is 6.57. The molecule has 0 spiro atoms. The molecule has 4 aromatic rings. The highest BCUT2D eigenvalue weighted by Gasteiger charge is 2.45. The summed E-state index contributed by atoms with van der Waals surface area (Å²) in [7, 11) is 0. The second-order valence-electron chi connectivity index (χ2n) is 8.00. The minimum Gasteiger partial charge on any atom is -0.494 e. The fourth-order valence-electron chi connectivity index (χ4n) is 4.05. The molecule has 1 aliphatic heterocycles. The summed E-state index contributed by atoms with van der Waals surface area (Å²) in [5.74, 6) is 0.405. The Morgan fingerprint density at radius 1 is 1.09 bits per heavy atom. The van der Waals surface area contributed by atoms with E-state index in [4.69, 9.17) is 9.15 Å². The van der Waals surface area contributed by atoms with E-state index in [-0.39, 0.29) is 17.1 Å². The van der Waals surface area contributed by atoms with E-state index in [0.29, 0.717) is 34.7 Å². The Morgan fingerprint density at radius 2 is 1.88 bits per heavy atom. The van der Waals surface area contributed by atoms with Crippen LogP contribution in [0.15, 0.2) is 51.7 Å². The van der Waals surface area contributed by atoms with Crippen LogP contribution in [0.1, 0.15) is 58.6 Å². The lowest BCUT2D eigenvalue weighted by Gasteiger charge is -2.22. The van der Waals surface area contributed by atoms with Gasteiger partial charge in [0.05, 0.1) is 23.6 Å². The van der Waals surface area contributed by atoms with Crippen LogP contribution in [0.25, 0.3) is 11.0 Å². The summed E-state index contributed by atoms with van der Waals surface area (Å²) >= 11 is 1.34. The lowest BCUT2D eigenvalue weighted by molar-refractivity contribution is 0.0970. The summed E-state index contributed by atoms with van der Waals surface area (Å²) < 4.78 is 11.7. The van der Waals surface area contributed by atoms with Gasteiger partial charge >= 0.3 is 0 Å². The first-order valence-electron chi connectivity index (χ1n) is 11.0. The zero-order valence-corrected chi connectivity index (χ0v) is 19.4. The van der Waals surface area contributed by atoms with Crippen LogP contribution in [0.5, 0.6) is 5.75 Å². The van der Waals surface area contributed by atoms with Crippen molar-refractivity contribution in [1.29, 1.82) is 0 Å². The van der Waals surface area contributed by atoms with Gasteiger partial charge in [-0.3, -0.25) is 14.5 Å². The van der Waals surface area contributed by atoms with Gasteiger partial charge in [-0.05, 0) is 49.6 Å². The number of aryl methyl sites for hydroxylation is 2. The van der Waals surface area contributed by atoms with Crippen LogP contribution in [0.3, 0.4) is 0 Å². The highest BCUT2D eigenvalue weighted by molar-refractivity contribution is 7.15. The molecule has 0 saturated carbocycles. The molecule has 168 valence electrons. The normalized spacial score (nSPS) is 15.3. The van der Waals surface area contributed by atoms with Gasteiger partial charge < -0.3 is 9.15 Å². The maximum atomic E-state index is 13.7. The molecule has 1 amide bonds. The van der Waals surface area contributed by atoms with Crippen LogP contribution in [0.2, 0.25) is 0 Å². The van der Waals surface area contributed by atoms with E-state index in [1.807, 2.05) is 51.1 Å². The zero-order valence-electron chi connectivity index (χ0n) is 18.6. The molecule has 0 N–H and O–H groups in total. The topological polar surface area (TPSA) is 85.5 Å². The van der Waals surface area contributed by atoms with Crippen molar-refractivity contribution in [2.24, 2.45) is 0 Å². The van der Waals surface area contributed by atoms with Crippen molar-refractivity contribution in [3.05, 3.63) is 80.1 Å². The quantitative estimate of drug-likeness (QED) is 0.399. The molecular weight excluding hydrogens is 438 g/mol. The molecule has 0 fully saturated rings. The number of benzene rings is 2. The van der Waals surface area contributed by atoms with E-state index in [1.54, 1.807) is 12.1 Å². The van der Waals surface area contributed by atoms with Gasteiger partial charge in [-0.25, -0.2) is 0 Å². The van der Waals surface area contributed by atoms with E-state index in [0.717, 1.165) is 28.3 Å². The highest BCUT2D eigenvalue weighted by atomic mass is 32.1. The molecule has 0 bridgehead atoms. The predicted molar refractivity (Wildman–Crippen MR) is 127 cm³/mol. The molecule has 0 radical (unpaired) electrons. The molecule has 1 unspecified atom stereocenters. The van der Waals surface area contributed by atoms with Crippen molar-refractivity contribution in [2.45, 2.75) is 39.7 Å². The van der Waals surface area contributed by atoms with Crippen LogP contribution in [0, 0.1) is 6.92 Å². The zero-order chi connectivity index (χ0) is 23.1. The average Bonchev–Trinajstić information content (AvgIpc) is 3.41. The van der Waals surface area contributed by atoms with Crippen molar-refractivity contribution >= 4 is 33.3 Å². The van der Waals surface area contributed by atoms with Crippen LogP contribution >= 0.6 is 11.3 Å². The van der Waals surface area contributed by atoms with E-state index in [9.17, 15) is 9.59 Å². The second-order valence-corrected chi connectivity index (χ2v) is 9.04. The Labute approximate surface area is 194 Å². The van der Waals surface area contributed by atoms with Crippen molar-refractivity contribution in [3.8, 4) is 5.75 Å². The number of hydrogen-bond acceptors (Lipinski definition) is 7. The molecule has 2 aromatic carbocycles. The highest BCUT2D eigenvalue weighted by Crippen LogP contribution is 2.42. The summed E-state index contributed by atoms with van der Waals surface area (Å²) in [6.07, 6.45) is 1.62. The molecule has 2 aromatic heterocycles. The number of amides is 1. The molecule has 0 saturated heterocycles. The van der Waals surface area contributed by atoms with Crippen LogP contribution in [-0.4, -0.2) is 22.7 Å². The number of carbonyl (C=O) groups is 1. The van der Waals surface area contributed by atoms with Gasteiger partial charge in [-0.2, -0.15) is 0 Å². The third-order valence-corrected chi connectivity index (χ3v) is 6.73. The van der Waals surface area contributed by atoms with Gasteiger partial charge in [-0.15, -0.1) is 10.2 Å². The number of aromatic nitrogens is 2.